The monoisotopic (exact) mass is 278 g/mol. The van der Waals surface area contributed by atoms with E-state index in [2.05, 4.69) is 0 Å². The molecule has 1 aromatic heterocycles. The zero-order valence-electron chi connectivity index (χ0n) is 11.2. The van der Waals surface area contributed by atoms with Gasteiger partial charge >= 0.3 is 5.97 Å². The molecule has 1 aliphatic carbocycles. The highest BCUT2D eigenvalue weighted by Gasteiger charge is 2.41. The van der Waals surface area contributed by atoms with E-state index >= 15 is 0 Å². The van der Waals surface area contributed by atoms with Crippen molar-refractivity contribution in [3.05, 3.63) is 36.0 Å². The van der Waals surface area contributed by atoms with Gasteiger partial charge in [-0.2, -0.15) is 0 Å². The summed E-state index contributed by atoms with van der Waals surface area (Å²) in [5.74, 6) is -0.709. The maximum absolute atomic E-state index is 11.7. The summed E-state index contributed by atoms with van der Waals surface area (Å²) in [5, 5.41) is 10.1. The first-order valence-electron chi connectivity index (χ1n) is 7.00. The molecule has 1 atom stereocenters. The van der Waals surface area contributed by atoms with Crippen LogP contribution in [0.2, 0.25) is 0 Å². The summed E-state index contributed by atoms with van der Waals surface area (Å²) in [5.41, 5.74) is 0.672. The van der Waals surface area contributed by atoms with E-state index in [0.29, 0.717) is 11.3 Å². The van der Waals surface area contributed by atoms with Crippen molar-refractivity contribution in [3.8, 4) is 0 Å². The van der Waals surface area contributed by atoms with Crippen molar-refractivity contribution in [1.82, 2.24) is 0 Å². The van der Waals surface area contributed by atoms with Crippen LogP contribution < -0.4 is 0 Å². The summed E-state index contributed by atoms with van der Waals surface area (Å²) in [6.07, 6.45) is 8.38. The van der Waals surface area contributed by atoms with Crippen LogP contribution in [0, 0.1) is 0 Å². The summed E-state index contributed by atoms with van der Waals surface area (Å²) in [6.45, 7) is 0. The molecule has 0 aromatic carbocycles. The van der Waals surface area contributed by atoms with Gasteiger partial charge in [0.25, 0.3) is 5.79 Å². The fourth-order valence-corrected chi connectivity index (χ4v) is 2.80. The quantitative estimate of drug-likeness (QED) is 0.861. The van der Waals surface area contributed by atoms with Gasteiger partial charge in [0, 0.05) is 24.8 Å². The molecule has 1 aromatic rings. The Morgan fingerprint density at radius 2 is 2.05 bits per heavy atom. The van der Waals surface area contributed by atoms with Crippen LogP contribution in [0.15, 0.2) is 34.8 Å². The van der Waals surface area contributed by atoms with Crippen molar-refractivity contribution in [3.63, 3.8) is 0 Å². The second-order valence-corrected chi connectivity index (χ2v) is 5.38. The van der Waals surface area contributed by atoms with E-state index in [1.54, 1.807) is 6.07 Å². The number of esters is 1. The summed E-state index contributed by atoms with van der Waals surface area (Å²) in [7, 11) is 0. The van der Waals surface area contributed by atoms with Crippen molar-refractivity contribution in [1.29, 1.82) is 0 Å². The van der Waals surface area contributed by atoms with Crippen molar-refractivity contribution in [2.75, 3.05) is 0 Å². The molecule has 1 saturated carbocycles. The lowest BCUT2D eigenvalue weighted by molar-refractivity contribution is -0.234. The molecule has 20 heavy (non-hydrogen) atoms. The van der Waals surface area contributed by atoms with Gasteiger partial charge in [-0.1, -0.05) is 6.42 Å². The molecule has 5 nitrogen and oxygen atoms in total. The SMILES string of the molecule is O=C1C=C(C[C@@H](O)c2ccoc2)OC2(CCCCC2)O1. The molecule has 2 heterocycles. The molecule has 0 radical (unpaired) electrons. The van der Waals surface area contributed by atoms with E-state index < -0.39 is 11.9 Å². The molecule has 1 spiro atoms. The first kappa shape index (κ1) is 13.2. The van der Waals surface area contributed by atoms with Crippen LogP contribution in [-0.4, -0.2) is 16.9 Å². The van der Waals surface area contributed by atoms with Crippen LogP contribution >= 0.6 is 0 Å². The summed E-state index contributed by atoms with van der Waals surface area (Å²) < 4.78 is 16.2. The minimum Gasteiger partial charge on any atom is -0.472 e. The number of rotatable bonds is 3. The highest BCUT2D eigenvalue weighted by Crippen LogP contribution is 2.38. The standard InChI is InChI=1S/C15H18O5/c16-13(11-4-7-18-10-11)8-12-9-14(17)20-15(19-12)5-2-1-3-6-15/h4,7,9-10,13,16H,1-3,5-6,8H2/t13-/m1/s1. The predicted octanol–water partition coefficient (Wildman–Crippen LogP) is 2.82. The largest absolute Gasteiger partial charge is 0.472 e. The maximum Gasteiger partial charge on any atom is 0.337 e. The number of ether oxygens (including phenoxy) is 2. The Balaban J connectivity index is 1.71. The third-order valence-corrected chi connectivity index (χ3v) is 3.82. The lowest BCUT2D eigenvalue weighted by atomic mass is 9.93. The van der Waals surface area contributed by atoms with E-state index in [1.165, 1.54) is 18.6 Å². The van der Waals surface area contributed by atoms with E-state index in [0.717, 1.165) is 32.1 Å². The molecule has 0 unspecified atom stereocenters. The number of aliphatic hydroxyl groups excluding tert-OH is 1. The van der Waals surface area contributed by atoms with Crippen LogP contribution in [0.1, 0.15) is 50.2 Å². The highest BCUT2D eigenvalue weighted by molar-refractivity contribution is 5.83. The molecule has 0 bridgehead atoms. The van der Waals surface area contributed by atoms with Gasteiger partial charge in [0.2, 0.25) is 0 Å². The maximum atomic E-state index is 11.7. The number of hydrogen-bond acceptors (Lipinski definition) is 5. The van der Waals surface area contributed by atoms with Gasteiger partial charge in [0.05, 0.1) is 24.7 Å². The Labute approximate surface area is 117 Å². The number of carbonyl (C=O) groups excluding carboxylic acids is 1. The molecular weight excluding hydrogens is 260 g/mol. The van der Waals surface area contributed by atoms with Gasteiger partial charge in [-0.05, 0) is 18.9 Å². The Morgan fingerprint density at radius 1 is 1.25 bits per heavy atom. The Kier molecular flexibility index (Phi) is 3.53. The fraction of sp³-hybridized carbons (Fsp3) is 0.533. The van der Waals surface area contributed by atoms with E-state index in [9.17, 15) is 9.90 Å². The second-order valence-electron chi connectivity index (χ2n) is 5.38. The van der Waals surface area contributed by atoms with E-state index in [4.69, 9.17) is 13.9 Å². The summed E-state index contributed by atoms with van der Waals surface area (Å²) in [6, 6.07) is 1.70. The van der Waals surface area contributed by atoms with Crippen LogP contribution in [-0.2, 0) is 14.3 Å². The number of aliphatic hydroxyl groups is 1. The molecular formula is C15H18O5. The second kappa shape index (κ2) is 5.32. The lowest BCUT2D eigenvalue weighted by Crippen LogP contribution is -2.42. The molecule has 1 fully saturated rings. The summed E-state index contributed by atoms with van der Waals surface area (Å²) in [4.78, 5) is 11.7. The van der Waals surface area contributed by atoms with Crippen molar-refractivity contribution >= 4 is 5.97 Å². The minimum absolute atomic E-state index is 0.246. The van der Waals surface area contributed by atoms with Crippen molar-refractivity contribution < 1.29 is 23.8 Å². The van der Waals surface area contributed by atoms with Gasteiger partial charge < -0.3 is 19.0 Å². The fourth-order valence-electron chi connectivity index (χ4n) is 2.80. The zero-order valence-corrected chi connectivity index (χ0v) is 11.2. The zero-order chi connectivity index (χ0) is 14.0. The Bertz CT molecular complexity index is 496. The molecule has 1 N–H and O–H groups in total. The normalized spacial score (nSPS) is 22.9. The predicted molar refractivity (Wildman–Crippen MR) is 69.4 cm³/mol. The number of carbonyl (C=O) groups is 1. The first-order chi connectivity index (χ1) is 9.67. The van der Waals surface area contributed by atoms with Gasteiger partial charge in [-0.25, -0.2) is 4.79 Å². The van der Waals surface area contributed by atoms with Gasteiger partial charge in [0.15, 0.2) is 0 Å². The average molecular weight is 278 g/mol. The van der Waals surface area contributed by atoms with Crippen LogP contribution in [0.4, 0.5) is 0 Å². The van der Waals surface area contributed by atoms with Crippen LogP contribution in [0.25, 0.3) is 0 Å². The average Bonchev–Trinajstić information content (AvgIpc) is 2.92. The molecule has 5 heteroatoms. The topological polar surface area (TPSA) is 68.9 Å². The minimum atomic E-state index is -0.810. The molecule has 1 aliphatic heterocycles. The van der Waals surface area contributed by atoms with Crippen LogP contribution in [0.5, 0.6) is 0 Å². The van der Waals surface area contributed by atoms with Crippen molar-refractivity contribution in [2.45, 2.75) is 50.4 Å². The Morgan fingerprint density at radius 3 is 2.75 bits per heavy atom. The molecule has 2 aliphatic rings. The first-order valence-corrected chi connectivity index (χ1v) is 7.00. The molecule has 3 rings (SSSR count). The Hall–Kier alpha value is -1.75. The highest BCUT2D eigenvalue weighted by atomic mass is 16.7. The lowest BCUT2D eigenvalue weighted by Gasteiger charge is -2.39. The molecule has 0 amide bonds. The number of furan rings is 1. The summed E-state index contributed by atoms with van der Waals surface area (Å²) >= 11 is 0. The van der Waals surface area contributed by atoms with Crippen LogP contribution in [0.3, 0.4) is 0 Å². The smallest absolute Gasteiger partial charge is 0.337 e. The third kappa shape index (κ3) is 2.72. The van der Waals surface area contributed by atoms with E-state index in [1.807, 2.05) is 0 Å². The van der Waals surface area contributed by atoms with Gasteiger partial charge in [-0.15, -0.1) is 0 Å². The van der Waals surface area contributed by atoms with Gasteiger partial charge in [-0.3, -0.25) is 0 Å². The van der Waals surface area contributed by atoms with Gasteiger partial charge in [0.1, 0.15) is 5.76 Å². The molecule has 108 valence electrons. The third-order valence-electron chi connectivity index (χ3n) is 3.82. The van der Waals surface area contributed by atoms with Crippen molar-refractivity contribution in [2.24, 2.45) is 0 Å². The number of hydrogen-bond donors (Lipinski definition) is 1. The molecule has 0 saturated heterocycles. The van der Waals surface area contributed by atoms with E-state index in [-0.39, 0.29) is 12.4 Å².